The zero-order valence-electron chi connectivity index (χ0n) is 11.9. The van der Waals surface area contributed by atoms with E-state index in [1.165, 1.54) is 12.1 Å². The quantitative estimate of drug-likeness (QED) is 0.532. The van der Waals surface area contributed by atoms with Crippen LogP contribution in [0, 0.1) is 20.2 Å². The van der Waals surface area contributed by atoms with Gasteiger partial charge >= 0.3 is 0 Å². The van der Waals surface area contributed by atoms with Crippen LogP contribution in [-0.2, 0) is 0 Å². The highest BCUT2D eigenvalue weighted by molar-refractivity contribution is 5.92. The first-order valence-corrected chi connectivity index (χ1v) is 6.79. The molecule has 0 spiro atoms. The second-order valence-electron chi connectivity index (χ2n) is 5.07. The van der Waals surface area contributed by atoms with Crippen molar-refractivity contribution in [1.82, 2.24) is 0 Å². The van der Waals surface area contributed by atoms with Crippen molar-refractivity contribution in [2.75, 3.05) is 6.79 Å². The zero-order valence-corrected chi connectivity index (χ0v) is 11.9. The molecule has 0 fully saturated rings. The second kappa shape index (κ2) is 4.95. The van der Waals surface area contributed by atoms with Gasteiger partial charge in [0, 0.05) is 5.56 Å². The van der Waals surface area contributed by atoms with Gasteiger partial charge < -0.3 is 13.9 Å². The lowest BCUT2D eigenvalue weighted by Gasteiger charge is -1.99. The van der Waals surface area contributed by atoms with Crippen molar-refractivity contribution >= 4 is 22.3 Å². The molecule has 120 valence electrons. The number of nitro groups is 2. The summed E-state index contributed by atoms with van der Waals surface area (Å²) in [7, 11) is 0. The van der Waals surface area contributed by atoms with E-state index in [1.807, 2.05) is 0 Å². The summed E-state index contributed by atoms with van der Waals surface area (Å²) in [6.07, 6.45) is 0. The van der Waals surface area contributed by atoms with Crippen LogP contribution in [0.25, 0.3) is 22.3 Å². The molecule has 0 unspecified atom stereocenters. The highest BCUT2D eigenvalue weighted by atomic mass is 16.7. The van der Waals surface area contributed by atoms with E-state index in [9.17, 15) is 20.2 Å². The Morgan fingerprint density at radius 1 is 0.917 bits per heavy atom. The van der Waals surface area contributed by atoms with Crippen LogP contribution in [0.2, 0.25) is 0 Å². The van der Waals surface area contributed by atoms with E-state index < -0.39 is 15.5 Å². The predicted octanol–water partition coefficient (Wildman–Crippen LogP) is 3.64. The number of benzene rings is 2. The topological polar surface area (TPSA) is 118 Å². The molecule has 1 aliphatic rings. The molecule has 9 heteroatoms. The molecule has 0 aliphatic carbocycles. The Morgan fingerprint density at radius 2 is 1.71 bits per heavy atom. The van der Waals surface area contributed by atoms with Crippen LogP contribution in [0.5, 0.6) is 11.5 Å². The Labute approximate surface area is 133 Å². The minimum atomic E-state index is -0.699. The maximum atomic E-state index is 11.2. The highest BCUT2D eigenvalue weighted by Gasteiger charge is 2.23. The van der Waals surface area contributed by atoms with Gasteiger partial charge in [-0.1, -0.05) is 0 Å². The van der Waals surface area contributed by atoms with Crippen molar-refractivity contribution in [1.29, 1.82) is 0 Å². The SMILES string of the molecule is O=[N+]([O-])c1cc([N+](=O)[O-])c2cc(-c3ccc4c(c3)OCO4)oc2c1. The average Bonchev–Trinajstić information content (AvgIpc) is 3.18. The van der Waals surface area contributed by atoms with E-state index in [1.54, 1.807) is 18.2 Å². The zero-order chi connectivity index (χ0) is 16.8. The van der Waals surface area contributed by atoms with Crippen LogP contribution in [0.15, 0.2) is 40.8 Å². The first kappa shape index (κ1) is 14.0. The minimum Gasteiger partial charge on any atom is -0.456 e. The monoisotopic (exact) mass is 328 g/mol. The molecular weight excluding hydrogens is 320 g/mol. The van der Waals surface area contributed by atoms with E-state index in [4.69, 9.17) is 13.9 Å². The number of non-ortho nitro benzene ring substituents is 2. The molecule has 0 saturated carbocycles. The van der Waals surface area contributed by atoms with Crippen LogP contribution in [0.3, 0.4) is 0 Å². The summed E-state index contributed by atoms with van der Waals surface area (Å²) < 4.78 is 16.1. The molecule has 0 saturated heterocycles. The normalized spacial score (nSPS) is 12.5. The molecule has 1 aliphatic heterocycles. The lowest BCUT2D eigenvalue weighted by Crippen LogP contribution is -1.92. The lowest BCUT2D eigenvalue weighted by molar-refractivity contribution is -0.393. The molecule has 2 heterocycles. The third-order valence-corrected chi connectivity index (χ3v) is 3.66. The number of ether oxygens (including phenoxy) is 2. The van der Waals surface area contributed by atoms with Gasteiger partial charge in [0.25, 0.3) is 11.4 Å². The van der Waals surface area contributed by atoms with Gasteiger partial charge in [0.2, 0.25) is 6.79 Å². The maximum Gasteiger partial charge on any atom is 0.287 e. The smallest absolute Gasteiger partial charge is 0.287 e. The molecule has 0 radical (unpaired) electrons. The van der Waals surface area contributed by atoms with E-state index in [0.29, 0.717) is 22.8 Å². The van der Waals surface area contributed by atoms with Crippen molar-refractivity contribution in [3.8, 4) is 22.8 Å². The Morgan fingerprint density at radius 3 is 2.46 bits per heavy atom. The molecule has 24 heavy (non-hydrogen) atoms. The molecule has 3 aromatic rings. The Balaban J connectivity index is 1.90. The van der Waals surface area contributed by atoms with Crippen molar-refractivity contribution in [2.45, 2.75) is 0 Å². The Kier molecular flexibility index (Phi) is 2.89. The van der Waals surface area contributed by atoms with Gasteiger partial charge in [-0.3, -0.25) is 20.2 Å². The number of hydrogen-bond donors (Lipinski definition) is 0. The predicted molar refractivity (Wildman–Crippen MR) is 81.1 cm³/mol. The summed E-state index contributed by atoms with van der Waals surface area (Å²) in [5.74, 6) is 1.47. The van der Waals surface area contributed by atoms with Crippen molar-refractivity contribution in [2.24, 2.45) is 0 Å². The fourth-order valence-corrected chi connectivity index (χ4v) is 2.55. The summed E-state index contributed by atoms with van der Waals surface area (Å²) in [6.45, 7) is 0.122. The third-order valence-electron chi connectivity index (χ3n) is 3.66. The van der Waals surface area contributed by atoms with E-state index >= 15 is 0 Å². The summed E-state index contributed by atoms with van der Waals surface area (Å²) >= 11 is 0. The average molecular weight is 328 g/mol. The second-order valence-corrected chi connectivity index (χ2v) is 5.07. The van der Waals surface area contributed by atoms with Crippen LogP contribution < -0.4 is 9.47 Å². The van der Waals surface area contributed by atoms with Crippen LogP contribution in [0.4, 0.5) is 11.4 Å². The van der Waals surface area contributed by atoms with Gasteiger partial charge in [0.05, 0.1) is 27.4 Å². The lowest BCUT2D eigenvalue weighted by atomic mass is 10.1. The fraction of sp³-hybridized carbons (Fsp3) is 0.0667. The van der Waals surface area contributed by atoms with E-state index in [0.717, 1.165) is 6.07 Å². The van der Waals surface area contributed by atoms with Gasteiger partial charge in [-0.2, -0.15) is 0 Å². The Bertz CT molecular complexity index is 1010. The summed E-state index contributed by atoms with van der Waals surface area (Å²) in [5.41, 5.74) is -0.0910. The van der Waals surface area contributed by atoms with Crippen molar-refractivity contribution in [3.63, 3.8) is 0 Å². The summed E-state index contributed by atoms with van der Waals surface area (Å²) in [4.78, 5) is 20.8. The number of rotatable bonds is 3. The van der Waals surface area contributed by atoms with Gasteiger partial charge in [-0.05, 0) is 24.3 Å². The molecular formula is C15H8N2O7. The van der Waals surface area contributed by atoms with Crippen molar-refractivity contribution < 1.29 is 23.7 Å². The number of fused-ring (bicyclic) bond motifs is 2. The molecule has 4 rings (SSSR count). The van der Waals surface area contributed by atoms with Crippen LogP contribution in [-0.4, -0.2) is 16.6 Å². The number of nitrogens with zero attached hydrogens (tertiary/aromatic N) is 2. The highest BCUT2D eigenvalue weighted by Crippen LogP contribution is 2.40. The van der Waals surface area contributed by atoms with E-state index in [-0.39, 0.29) is 23.4 Å². The summed E-state index contributed by atoms with van der Waals surface area (Å²) in [5, 5.41) is 22.3. The molecule has 0 bridgehead atoms. The van der Waals surface area contributed by atoms with Crippen LogP contribution in [0.1, 0.15) is 0 Å². The van der Waals surface area contributed by atoms with Gasteiger partial charge in [-0.15, -0.1) is 0 Å². The number of hydrogen-bond acceptors (Lipinski definition) is 7. The minimum absolute atomic E-state index is 0.0727. The Hall–Kier alpha value is -3.62. The third kappa shape index (κ3) is 2.10. The van der Waals surface area contributed by atoms with Gasteiger partial charge in [0.15, 0.2) is 11.5 Å². The molecule has 9 nitrogen and oxygen atoms in total. The largest absolute Gasteiger partial charge is 0.456 e. The molecule has 2 aromatic carbocycles. The van der Waals surface area contributed by atoms with Gasteiger partial charge in [0.1, 0.15) is 11.3 Å². The molecule has 0 atom stereocenters. The standard InChI is InChI=1S/C15H8N2O7/c18-16(19)9-4-11(17(20)21)10-6-13(24-14(10)5-9)8-1-2-12-15(3-8)23-7-22-12/h1-6H,7H2. The molecule has 1 aromatic heterocycles. The maximum absolute atomic E-state index is 11.2. The first-order chi connectivity index (χ1) is 11.5. The first-order valence-electron chi connectivity index (χ1n) is 6.79. The van der Waals surface area contributed by atoms with Crippen LogP contribution >= 0.6 is 0 Å². The van der Waals surface area contributed by atoms with E-state index in [2.05, 4.69) is 0 Å². The van der Waals surface area contributed by atoms with Crippen molar-refractivity contribution in [3.05, 3.63) is 56.6 Å². The molecule has 0 amide bonds. The fourth-order valence-electron chi connectivity index (χ4n) is 2.55. The summed E-state index contributed by atoms with van der Waals surface area (Å²) in [6, 6.07) is 8.66. The number of furan rings is 1. The van der Waals surface area contributed by atoms with Gasteiger partial charge in [-0.25, -0.2) is 0 Å². The number of nitro benzene ring substituents is 2. The molecule has 0 N–H and O–H groups in total.